The Morgan fingerprint density at radius 2 is 2.27 bits per heavy atom. The summed E-state index contributed by atoms with van der Waals surface area (Å²) in [6.07, 6.45) is 1.72. The number of aliphatic hydroxyl groups is 1. The average Bonchev–Trinajstić information content (AvgIpc) is 2.22. The minimum absolute atomic E-state index is 0.175. The quantitative estimate of drug-likeness (QED) is 0.538. The van der Waals surface area contributed by atoms with Gasteiger partial charge in [0.1, 0.15) is 0 Å². The van der Waals surface area contributed by atoms with Crippen LogP contribution >= 0.6 is 11.8 Å². The highest BCUT2D eigenvalue weighted by atomic mass is 32.2. The molecule has 0 radical (unpaired) electrons. The van der Waals surface area contributed by atoms with Gasteiger partial charge in [0, 0.05) is 5.25 Å². The van der Waals surface area contributed by atoms with Gasteiger partial charge in [0.25, 0.3) is 0 Å². The van der Waals surface area contributed by atoms with Gasteiger partial charge in [-0.2, -0.15) is 11.8 Å². The van der Waals surface area contributed by atoms with Gasteiger partial charge in [-0.3, -0.25) is 4.79 Å². The predicted molar refractivity (Wildman–Crippen MR) is 64.9 cm³/mol. The predicted octanol–water partition coefficient (Wildman–Crippen LogP) is 0.344. The standard InChI is InChI=1S/C10H22N2O2S/c1-3-5-12-9(10(11)14)4-6-15-8(2)7-13/h8-9,12-13H,3-7H2,1-2H3,(H2,11,14). The van der Waals surface area contributed by atoms with Crippen molar-refractivity contribution in [2.24, 2.45) is 5.73 Å². The van der Waals surface area contributed by atoms with Crippen LogP contribution in [0.4, 0.5) is 0 Å². The zero-order chi connectivity index (χ0) is 11.7. The van der Waals surface area contributed by atoms with Gasteiger partial charge in [-0.1, -0.05) is 13.8 Å². The van der Waals surface area contributed by atoms with E-state index >= 15 is 0 Å². The van der Waals surface area contributed by atoms with Crippen LogP contribution in [-0.2, 0) is 4.79 Å². The Bertz CT molecular complexity index is 179. The zero-order valence-corrected chi connectivity index (χ0v) is 10.3. The number of hydrogen-bond acceptors (Lipinski definition) is 4. The fourth-order valence-electron chi connectivity index (χ4n) is 1.10. The molecule has 0 aromatic heterocycles. The maximum absolute atomic E-state index is 11.1. The summed E-state index contributed by atoms with van der Waals surface area (Å²) in [4.78, 5) is 11.1. The maximum atomic E-state index is 11.1. The Labute approximate surface area is 96.0 Å². The van der Waals surface area contributed by atoms with Crippen molar-refractivity contribution in [2.45, 2.75) is 38.0 Å². The first kappa shape index (κ1) is 14.7. The van der Waals surface area contributed by atoms with E-state index in [0.717, 1.165) is 25.1 Å². The van der Waals surface area contributed by atoms with E-state index in [-0.39, 0.29) is 23.8 Å². The van der Waals surface area contributed by atoms with Crippen LogP contribution in [-0.4, -0.2) is 41.2 Å². The molecule has 2 atom stereocenters. The highest BCUT2D eigenvalue weighted by Crippen LogP contribution is 2.11. The molecular weight excluding hydrogens is 212 g/mol. The SMILES string of the molecule is CCCNC(CCSC(C)CO)C(N)=O. The summed E-state index contributed by atoms with van der Waals surface area (Å²) >= 11 is 1.66. The Hall–Kier alpha value is -0.260. The molecule has 90 valence electrons. The van der Waals surface area contributed by atoms with E-state index in [9.17, 15) is 4.79 Å². The minimum atomic E-state index is -0.291. The third-order valence-corrected chi connectivity index (χ3v) is 3.24. The molecule has 4 N–H and O–H groups in total. The molecular formula is C10H22N2O2S. The molecule has 0 rings (SSSR count). The second-order valence-corrected chi connectivity index (χ2v) is 5.11. The lowest BCUT2D eigenvalue weighted by molar-refractivity contribution is -0.120. The summed E-state index contributed by atoms with van der Waals surface area (Å²) in [7, 11) is 0. The second-order valence-electron chi connectivity index (χ2n) is 3.56. The molecule has 5 heteroatoms. The van der Waals surface area contributed by atoms with Crippen LogP contribution in [0.25, 0.3) is 0 Å². The third kappa shape index (κ3) is 7.64. The van der Waals surface area contributed by atoms with Crippen LogP contribution in [0.1, 0.15) is 26.7 Å². The molecule has 0 aliphatic rings. The molecule has 0 aliphatic heterocycles. The normalized spacial score (nSPS) is 14.9. The van der Waals surface area contributed by atoms with E-state index in [1.807, 2.05) is 13.8 Å². The molecule has 0 fully saturated rings. The number of rotatable bonds is 9. The lowest BCUT2D eigenvalue weighted by atomic mass is 10.2. The first-order valence-corrected chi connectivity index (χ1v) is 6.41. The number of carbonyl (C=O) groups excluding carboxylic acids is 1. The molecule has 15 heavy (non-hydrogen) atoms. The maximum Gasteiger partial charge on any atom is 0.234 e. The zero-order valence-electron chi connectivity index (χ0n) is 9.53. The Morgan fingerprint density at radius 3 is 2.73 bits per heavy atom. The van der Waals surface area contributed by atoms with Crippen molar-refractivity contribution in [3.05, 3.63) is 0 Å². The van der Waals surface area contributed by atoms with E-state index in [4.69, 9.17) is 10.8 Å². The second kappa shape index (κ2) is 9.00. The Balaban J connectivity index is 3.71. The number of nitrogens with two attached hydrogens (primary N) is 1. The van der Waals surface area contributed by atoms with Crippen molar-refractivity contribution < 1.29 is 9.90 Å². The van der Waals surface area contributed by atoms with E-state index in [0.29, 0.717) is 0 Å². The number of amides is 1. The number of primary amides is 1. The Morgan fingerprint density at radius 1 is 1.60 bits per heavy atom. The lowest BCUT2D eigenvalue weighted by Crippen LogP contribution is -2.42. The first-order chi connectivity index (χ1) is 7.11. The summed E-state index contributed by atoms with van der Waals surface area (Å²) in [6, 6.07) is -0.233. The molecule has 0 aromatic carbocycles. The summed E-state index contributed by atoms with van der Waals surface area (Å²) in [6.45, 7) is 5.00. The molecule has 0 saturated carbocycles. The molecule has 0 aromatic rings. The largest absolute Gasteiger partial charge is 0.395 e. The molecule has 4 nitrogen and oxygen atoms in total. The van der Waals surface area contributed by atoms with Crippen LogP contribution in [0.3, 0.4) is 0 Å². The van der Waals surface area contributed by atoms with Crippen LogP contribution in [0.15, 0.2) is 0 Å². The summed E-state index contributed by atoms with van der Waals surface area (Å²) in [5, 5.41) is 12.2. The smallest absolute Gasteiger partial charge is 0.234 e. The third-order valence-electron chi connectivity index (χ3n) is 2.05. The highest BCUT2D eigenvalue weighted by Gasteiger charge is 2.14. The molecule has 0 heterocycles. The minimum Gasteiger partial charge on any atom is -0.395 e. The van der Waals surface area contributed by atoms with Crippen LogP contribution in [0, 0.1) is 0 Å². The van der Waals surface area contributed by atoms with Crippen LogP contribution in [0.5, 0.6) is 0 Å². The molecule has 0 bridgehead atoms. The van der Waals surface area contributed by atoms with Gasteiger partial charge in [0.15, 0.2) is 0 Å². The number of hydrogen-bond donors (Lipinski definition) is 3. The lowest BCUT2D eigenvalue weighted by Gasteiger charge is -2.15. The fraction of sp³-hybridized carbons (Fsp3) is 0.900. The molecule has 1 amide bonds. The summed E-state index contributed by atoms with van der Waals surface area (Å²) in [5.74, 6) is 0.548. The van der Waals surface area contributed by atoms with Gasteiger partial charge in [0.2, 0.25) is 5.91 Å². The van der Waals surface area contributed by atoms with Crippen LogP contribution in [0.2, 0.25) is 0 Å². The number of thioether (sulfide) groups is 1. The van der Waals surface area contributed by atoms with E-state index in [2.05, 4.69) is 5.32 Å². The highest BCUT2D eigenvalue weighted by molar-refractivity contribution is 7.99. The molecule has 0 saturated heterocycles. The number of nitrogens with one attached hydrogen (secondary N) is 1. The van der Waals surface area contributed by atoms with Crippen molar-refractivity contribution in [3.8, 4) is 0 Å². The fourth-order valence-corrected chi connectivity index (χ4v) is 1.98. The first-order valence-electron chi connectivity index (χ1n) is 5.37. The summed E-state index contributed by atoms with van der Waals surface area (Å²) in [5.41, 5.74) is 5.27. The van der Waals surface area contributed by atoms with Gasteiger partial charge in [-0.15, -0.1) is 0 Å². The van der Waals surface area contributed by atoms with Crippen molar-refractivity contribution >= 4 is 17.7 Å². The van der Waals surface area contributed by atoms with Gasteiger partial charge in [-0.25, -0.2) is 0 Å². The van der Waals surface area contributed by atoms with Crippen molar-refractivity contribution in [1.29, 1.82) is 0 Å². The van der Waals surface area contributed by atoms with Crippen molar-refractivity contribution in [1.82, 2.24) is 5.32 Å². The summed E-state index contributed by atoms with van der Waals surface area (Å²) < 4.78 is 0. The average molecular weight is 234 g/mol. The van der Waals surface area contributed by atoms with Crippen LogP contribution < -0.4 is 11.1 Å². The van der Waals surface area contributed by atoms with E-state index in [1.54, 1.807) is 11.8 Å². The number of aliphatic hydroxyl groups excluding tert-OH is 1. The monoisotopic (exact) mass is 234 g/mol. The Kier molecular flexibility index (Phi) is 8.85. The van der Waals surface area contributed by atoms with E-state index in [1.165, 1.54) is 0 Å². The molecule has 0 spiro atoms. The molecule has 0 aliphatic carbocycles. The van der Waals surface area contributed by atoms with Gasteiger partial charge < -0.3 is 16.2 Å². The van der Waals surface area contributed by atoms with E-state index < -0.39 is 0 Å². The van der Waals surface area contributed by atoms with Gasteiger partial charge in [0.05, 0.1) is 12.6 Å². The van der Waals surface area contributed by atoms with Crippen molar-refractivity contribution in [3.63, 3.8) is 0 Å². The topological polar surface area (TPSA) is 75.3 Å². The number of carbonyl (C=O) groups is 1. The molecule has 2 unspecified atom stereocenters. The van der Waals surface area contributed by atoms with Gasteiger partial charge >= 0.3 is 0 Å². The van der Waals surface area contributed by atoms with Gasteiger partial charge in [-0.05, 0) is 25.1 Å². The van der Waals surface area contributed by atoms with Crippen molar-refractivity contribution in [2.75, 3.05) is 18.9 Å².